The third-order valence-corrected chi connectivity index (χ3v) is 3.87. The van der Waals surface area contributed by atoms with E-state index in [1.165, 1.54) is 24.4 Å². The van der Waals surface area contributed by atoms with E-state index in [0.717, 1.165) is 6.20 Å². The lowest BCUT2D eigenvalue weighted by molar-refractivity contribution is -0.154. The van der Waals surface area contributed by atoms with E-state index in [1.807, 2.05) is 0 Å². The summed E-state index contributed by atoms with van der Waals surface area (Å²) in [5, 5.41) is 12.2. The third kappa shape index (κ3) is 5.58. The fourth-order valence-electron chi connectivity index (χ4n) is 2.34. The van der Waals surface area contributed by atoms with Crippen LogP contribution in [0.3, 0.4) is 0 Å². The molecule has 0 aliphatic carbocycles. The summed E-state index contributed by atoms with van der Waals surface area (Å²) in [6.07, 6.45) is -2.25. The first kappa shape index (κ1) is 20.4. The summed E-state index contributed by atoms with van der Waals surface area (Å²) in [6, 6.07) is 10.4. The van der Waals surface area contributed by atoms with Crippen LogP contribution in [0.25, 0.3) is 11.1 Å². The van der Waals surface area contributed by atoms with Gasteiger partial charge in [0.15, 0.2) is 6.61 Å². The lowest BCUT2D eigenvalue weighted by Gasteiger charge is -2.14. The van der Waals surface area contributed by atoms with Gasteiger partial charge in [-0.05, 0) is 35.9 Å². The lowest BCUT2D eigenvalue weighted by atomic mass is 10.1. The first-order valence-electron chi connectivity index (χ1n) is 8.13. The van der Waals surface area contributed by atoms with Crippen LogP contribution in [0.15, 0.2) is 54.9 Å². The molecule has 0 saturated heterocycles. The molecule has 0 unspecified atom stereocenters. The molecule has 2 aromatic heterocycles. The standard InChI is InChI=1S/C19H13ClF3N3O3/c20-12-3-1-11(2-4-12)15-7-13(8-25-18(15)29-10-19(21,22)23)26-17(28)16-6-5-14(27)9-24-16/h1-9,27H,10H2,(H,26,28). The molecule has 2 N–H and O–H groups in total. The first-order chi connectivity index (χ1) is 13.7. The molecule has 2 heterocycles. The van der Waals surface area contributed by atoms with Gasteiger partial charge in [0, 0.05) is 10.6 Å². The summed E-state index contributed by atoms with van der Waals surface area (Å²) < 4.78 is 42.5. The number of nitrogens with zero attached hydrogens (tertiary/aromatic N) is 2. The van der Waals surface area contributed by atoms with Gasteiger partial charge in [0.2, 0.25) is 5.88 Å². The number of benzene rings is 1. The van der Waals surface area contributed by atoms with Crippen molar-refractivity contribution in [3.63, 3.8) is 0 Å². The van der Waals surface area contributed by atoms with Crippen LogP contribution in [0, 0.1) is 0 Å². The normalized spacial score (nSPS) is 11.2. The average molecular weight is 424 g/mol. The number of amides is 1. The molecule has 0 aliphatic rings. The number of halogens is 4. The Morgan fingerprint density at radius 1 is 1.10 bits per heavy atom. The Kier molecular flexibility index (Phi) is 5.88. The number of anilines is 1. The van der Waals surface area contributed by atoms with E-state index in [2.05, 4.69) is 15.3 Å². The summed E-state index contributed by atoms with van der Waals surface area (Å²) in [7, 11) is 0. The second kappa shape index (κ2) is 8.36. The Morgan fingerprint density at radius 3 is 2.45 bits per heavy atom. The molecule has 0 aliphatic heterocycles. The summed E-state index contributed by atoms with van der Waals surface area (Å²) in [5.74, 6) is -0.928. The predicted octanol–water partition coefficient (Wildman–Crippen LogP) is 4.70. The van der Waals surface area contributed by atoms with Gasteiger partial charge in [0.1, 0.15) is 11.4 Å². The van der Waals surface area contributed by atoms with Crippen molar-refractivity contribution in [3.05, 3.63) is 65.6 Å². The van der Waals surface area contributed by atoms with Crippen LogP contribution < -0.4 is 10.1 Å². The average Bonchev–Trinajstić information content (AvgIpc) is 2.67. The molecule has 0 bridgehead atoms. The molecule has 0 radical (unpaired) electrons. The van der Waals surface area contributed by atoms with E-state index in [-0.39, 0.29) is 28.6 Å². The minimum absolute atomic E-state index is 0.0354. The van der Waals surface area contributed by atoms with Gasteiger partial charge in [-0.15, -0.1) is 0 Å². The molecule has 1 aromatic carbocycles. The van der Waals surface area contributed by atoms with Crippen LogP contribution >= 0.6 is 11.6 Å². The van der Waals surface area contributed by atoms with E-state index in [1.54, 1.807) is 24.3 Å². The van der Waals surface area contributed by atoms with Crippen molar-refractivity contribution in [1.82, 2.24) is 9.97 Å². The number of carbonyl (C=O) groups is 1. The Balaban J connectivity index is 1.90. The summed E-state index contributed by atoms with van der Waals surface area (Å²) in [6.45, 7) is -1.51. The number of hydrogen-bond acceptors (Lipinski definition) is 5. The minimum atomic E-state index is -4.53. The number of ether oxygens (including phenoxy) is 1. The van der Waals surface area contributed by atoms with Gasteiger partial charge in [0.25, 0.3) is 5.91 Å². The quantitative estimate of drug-likeness (QED) is 0.621. The molecule has 3 rings (SSSR count). The van der Waals surface area contributed by atoms with Crippen LogP contribution in [0.5, 0.6) is 11.6 Å². The van der Waals surface area contributed by atoms with E-state index in [0.29, 0.717) is 10.6 Å². The van der Waals surface area contributed by atoms with E-state index in [4.69, 9.17) is 16.3 Å². The maximum absolute atomic E-state index is 12.5. The smallest absolute Gasteiger partial charge is 0.422 e. The fourth-order valence-corrected chi connectivity index (χ4v) is 2.46. The number of carbonyl (C=O) groups excluding carboxylic acids is 1. The zero-order chi connectivity index (χ0) is 21.0. The van der Waals surface area contributed by atoms with Gasteiger partial charge in [0.05, 0.1) is 18.1 Å². The number of alkyl halides is 3. The second-order valence-corrected chi connectivity index (χ2v) is 6.28. The summed E-state index contributed by atoms with van der Waals surface area (Å²) in [4.78, 5) is 20.0. The number of rotatable bonds is 5. The van der Waals surface area contributed by atoms with Gasteiger partial charge in [-0.25, -0.2) is 9.97 Å². The zero-order valence-corrected chi connectivity index (χ0v) is 15.3. The number of aromatic nitrogens is 2. The molecule has 29 heavy (non-hydrogen) atoms. The molecular formula is C19H13ClF3N3O3. The van der Waals surface area contributed by atoms with Crippen LogP contribution in [-0.2, 0) is 0 Å². The van der Waals surface area contributed by atoms with Crippen molar-refractivity contribution < 1.29 is 27.8 Å². The first-order valence-corrected chi connectivity index (χ1v) is 8.51. The maximum atomic E-state index is 12.5. The highest BCUT2D eigenvalue weighted by Gasteiger charge is 2.29. The number of hydrogen-bond donors (Lipinski definition) is 2. The van der Waals surface area contributed by atoms with Crippen molar-refractivity contribution in [3.8, 4) is 22.8 Å². The molecule has 6 nitrogen and oxygen atoms in total. The van der Waals surface area contributed by atoms with E-state index in [9.17, 15) is 23.1 Å². The zero-order valence-electron chi connectivity index (χ0n) is 14.6. The van der Waals surface area contributed by atoms with Gasteiger partial charge in [-0.3, -0.25) is 4.79 Å². The van der Waals surface area contributed by atoms with Crippen LogP contribution in [-0.4, -0.2) is 33.8 Å². The van der Waals surface area contributed by atoms with Crippen molar-refractivity contribution in [2.75, 3.05) is 11.9 Å². The Hall–Kier alpha value is -3.33. The minimum Gasteiger partial charge on any atom is -0.506 e. The van der Waals surface area contributed by atoms with Crippen molar-refractivity contribution in [2.24, 2.45) is 0 Å². The van der Waals surface area contributed by atoms with Gasteiger partial charge in [-0.2, -0.15) is 13.2 Å². The van der Waals surface area contributed by atoms with Crippen LogP contribution in [0.4, 0.5) is 18.9 Å². The predicted molar refractivity (Wildman–Crippen MR) is 100 cm³/mol. The Labute approximate surface area is 167 Å². The summed E-state index contributed by atoms with van der Waals surface area (Å²) >= 11 is 5.86. The topological polar surface area (TPSA) is 84.3 Å². The van der Waals surface area contributed by atoms with Gasteiger partial charge in [-0.1, -0.05) is 23.7 Å². The van der Waals surface area contributed by atoms with E-state index < -0.39 is 18.7 Å². The van der Waals surface area contributed by atoms with Crippen molar-refractivity contribution >= 4 is 23.2 Å². The van der Waals surface area contributed by atoms with Crippen LogP contribution in [0.1, 0.15) is 10.5 Å². The number of aromatic hydroxyl groups is 1. The monoisotopic (exact) mass is 423 g/mol. The highest BCUT2D eigenvalue weighted by molar-refractivity contribution is 6.30. The fraction of sp³-hybridized carbons (Fsp3) is 0.105. The maximum Gasteiger partial charge on any atom is 0.422 e. The molecule has 150 valence electrons. The van der Waals surface area contributed by atoms with Crippen molar-refractivity contribution in [2.45, 2.75) is 6.18 Å². The summed E-state index contributed by atoms with van der Waals surface area (Å²) in [5.41, 5.74) is 0.989. The highest BCUT2D eigenvalue weighted by Crippen LogP contribution is 2.32. The van der Waals surface area contributed by atoms with Gasteiger partial charge >= 0.3 is 6.18 Å². The Bertz CT molecular complexity index is 1010. The molecule has 0 fully saturated rings. The molecular weight excluding hydrogens is 411 g/mol. The molecule has 0 saturated carbocycles. The second-order valence-electron chi connectivity index (χ2n) is 5.84. The molecule has 10 heteroatoms. The van der Waals surface area contributed by atoms with Crippen molar-refractivity contribution in [1.29, 1.82) is 0 Å². The lowest BCUT2D eigenvalue weighted by Crippen LogP contribution is -2.20. The number of nitrogens with one attached hydrogen (secondary N) is 1. The van der Waals surface area contributed by atoms with Crippen LogP contribution in [0.2, 0.25) is 5.02 Å². The van der Waals surface area contributed by atoms with E-state index >= 15 is 0 Å². The highest BCUT2D eigenvalue weighted by atomic mass is 35.5. The Morgan fingerprint density at radius 2 is 1.83 bits per heavy atom. The largest absolute Gasteiger partial charge is 0.506 e. The third-order valence-electron chi connectivity index (χ3n) is 3.62. The molecule has 0 spiro atoms. The van der Waals surface area contributed by atoms with Gasteiger partial charge < -0.3 is 15.2 Å². The SMILES string of the molecule is O=C(Nc1cnc(OCC(F)(F)F)c(-c2ccc(Cl)cc2)c1)c1ccc(O)cn1. The molecule has 1 amide bonds. The number of pyridine rings is 2. The molecule has 3 aromatic rings. The molecule has 0 atom stereocenters.